The van der Waals surface area contributed by atoms with Crippen molar-refractivity contribution in [1.82, 2.24) is 10.2 Å². The molecule has 0 spiro atoms. The third-order valence-corrected chi connectivity index (χ3v) is 3.33. The molecule has 0 bridgehead atoms. The zero-order chi connectivity index (χ0) is 10.3. The van der Waals surface area contributed by atoms with Crippen molar-refractivity contribution in [3.8, 4) is 11.3 Å². The highest BCUT2D eigenvalue weighted by Crippen LogP contribution is 2.32. The van der Waals surface area contributed by atoms with Gasteiger partial charge in [0.1, 0.15) is 5.82 Å². The molecule has 0 amide bonds. The van der Waals surface area contributed by atoms with Gasteiger partial charge in [-0.3, -0.25) is 5.10 Å². The van der Waals surface area contributed by atoms with Gasteiger partial charge in [-0.05, 0) is 6.07 Å². The Kier molecular flexibility index (Phi) is 1.76. The van der Waals surface area contributed by atoms with Crippen molar-refractivity contribution < 1.29 is 0 Å². The first-order valence-electron chi connectivity index (χ1n) is 4.62. The first-order chi connectivity index (χ1) is 7.34. The number of aromatic amines is 1. The molecule has 0 radical (unpaired) electrons. The molecule has 3 N–H and O–H groups in total. The summed E-state index contributed by atoms with van der Waals surface area (Å²) in [5.41, 5.74) is 7.73. The summed E-state index contributed by atoms with van der Waals surface area (Å²) < 4.78 is 1.28. The Morgan fingerprint density at radius 3 is 2.93 bits per heavy atom. The molecule has 0 atom stereocenters. The van der Waals surface area contributed by atoms with Crippen molar-refractivity contribution in [3.05, 3.63) is 35.7 Å². The number of thiophene rings is 1. The molecule has 4 heteroatoms. The number of nitrogens with zero attached hydrogens (tertiary/aromatic N) is 1. The summed E-state index contributed by atoms with van der Waals surface area (Å²) >= 11 is 1.73. The van der Waals surface area contributed by atoms with Crippen LogP contribution in [0.3, 0.4) is 0 Å². The first kappa shape index (κ1) is 8.49. The second-order valence-corrected chi connectivity index (χ2v) is 4.26. The number of hydrogen-bond donors (Lipinski definition) is 2. The SMILES string of the molecule is Nc1cc(-c2csc3ccccc23)[nH]n1. The van der Waals surface area contributed by atoms with Gasteiger partial charge in [-0.2, -0.15) is 5.10 Å². The summed E-state index contributed by atoms with van der Waals surface area (Å²) in [6, 6.07) is 10.2. The predicted octanol–water partition coefficient (Wildman–Crippen LogP) is 2.87. The van der Waals surface area contributed by atoms with Gasteiger partial charge in [0.25, 0.3) is 0 Å². The molecule has 0 aliphatic rings. The molecule has 2 aromatic heterocycles. The third-order valence-electron chi connectivity index (χ3n) is 2.37. The van der Waals surface area contributed by atoms with Crippen LogP contribution in [0.5, 0.6) is 0 Å². The number of nitrogens with two attached hydrogens (primary N) is 1. The van der Waals surface area contributed by atoms with E-state index in [0.717, 1.165) is 5.69 Å². The minimum atomic E-state index is 0.528. The summed E-state index contributed by atoms with van der Waals surface area (Å²) in [7, 11) is 0. The number of aromatic nitrogens is 2. The Hall–Kier alpha value is -1.81. The molecule has 74 valence electrons. The maximum atomic E-state index is 5.59. The fourth-order valence-electron chi connectivity index (χ4n) is 1.66. The van der Waals surface area contributed by atoms with E-state index in [4.69, 9.17) is 5.73 Å². The topological polar surface area (TPSA) is 54.7 Å². The number of H-pyrrole nitrogens is 1. The predicted molar refractivity (Wildman–Crippen MR) is 63.8 cm³/mol. The Labute approximate surface area is 90.5 Å². The molecule has 2 heterocycles. The maximum Gasteiger partial charge on any atom is 0.145 e. The van der Waals surface area contributed by atoms with E-state index in [-0.39, 0.29) is 0 Å². The molecule has 0 unspecified atom stereocenters. The summed E-state index contributed by atoms with van der Waals surface area (Å²) in [4.78, 5) is 0. The van der Waals surface area contributed by atoms with Crippen molar-refractivity contribution in [2.24, 2.45) is 0 Å². The van der Waals surface area contributed by atoms with Crippen LogP contribution in [0.2, 0.25) is 0 Å². The first-order valence-corrected chi connectivity index (χ1v) is 5.50. The molecule has 15 heavy (non-hydrogen) atoms. The Bertz CT molecular complexity index is 609. The molecule has 0 aliphatic carbocycles. The smallest absolute Gasteiger partial charge is 0.145 e. The molecule has 3 aromatic rings. The van der Waals surface area contributed by atoms with Crippen LogP contribution in [0.15, 0.2) is 35.7 Å². The van der Waals surface area contributed by atoms with Crippen LogP contribution in [0.4, 0.5) is 5.82 Å². The monoisotopic (exact) mass is 215 g/mol. The normalized spacial score (nSPS) is 10.9. The van der Waals surface area contributed by atoms with Crippen molar-refractivity contribution in [2.45, 2.75) is 0 Å². The van der Waals surface area contributed by atoms with E-state index >= 15 is 0 Å². The van der Waals surface area contributed by atoms with Crippen LogP contribution in [0.1, 0.15) is 0 Å². The van der Waals surface area contributed by atoms with Gasteiger partial charge in [0.05, 0.1) is 5.69 Å². The minimum Gasteiger partial charge on any atom is -0.382 e. The van der Waals surface area contributed by atoms with Gasteiger partial charge < -0.3 is 5.73 Å². The molecule has 3 rings (SSSR count). The fraction of sp³-hybridized carbons (Fsp3) is 0. The molecular weight excluding hydrogens is 206 g/mol. The lowest BCUT2D eigenvalue weighted by atomic mass is 10.1. The molecule has 0 fully saturated rings. The lowest BCUT2D eigenvalue weighted by Gasteiger charge is -1.93. The van der Waals surface area contributed by atoms with Crippen molar-refractivity contribution >= 4 is 27.2 Å². The van der Waals surface area contributed by atoms with Gasteiger partial charge in [0.15, 0.2) is 0 Å². The highest BCUT2D eigenvalue weighted by Gasteiger charge is 2.07. The van der Waals surface area contributed by atoms with Crippen molar-refractivity contribution in [2.75, 3.05) is 5.73 Å². The van der Waals surface area contributed by atoms with E-state index in [1.54, 1.807) is 11.3 Å². The van der Waals surface area contributed by atoms with Crippen LogP contribution in [0, 0.1) is 0 Å². The number of hydrogen-bond acceptors (Lipinski definition) is 3. The second-order valence-electron chi connectivity index (χ2n) is 3.35. The lowest BCUT2D eigenvalue weighted by molar-refractivity contribution is 1.10. The third kappa shape index (κ3) is 1.30. The van der Waals surface area contributed by atoms with Crippen LogP contribution in [-0.4, -0.2) is 10.2 Å². The maximum absolute atomic E-state index is 5.59. The summed E-state index contributed by atoms with van der Waals surface area (Å²) in [5.74, 6) is 0.528. The molecular formula is C11H9N3S. The number of nitrogens with one attached hydrogen (secondary N) is 1. The molecule has 0 aliphatic heterocycles. The number of anilines is 1. The summed E-state index contributed by atoms with van der Waals surface area (Å²) in [6.45, 7) is 0. The number of rotatable bonds is 1. The van der Waals surface area contributed by atoms with Gasteiger partial charge >= 0.3 is 0 Å². The van der Waals surface area contributed by atoms with E-state index in [2.05, 4.69) is 27.7 Å². The van der Waals surface area contributed by atoms with Crippen molar-refractivity contribution in [1.29, 1.82) is 0 Å². The standard InChI is InChI=1S/C11H9N3S/c12-11-5-9(13-14-11)8-6-15-10-4-2-1-3-7(8)10/h1-6H,(H3,12,13,14). The summed E-state index contributed by atoms with van der Waals surface area (Å²) in [5, 5.41) is 10.2. The van der Waals surface area contributed by atoms with Crippen molar-refractivity contribution in [3.63, 3.8) is 0 Å². The Balaban J connectivity index is 2.27. The van der Waals surface area contributed by atoms with Gasteiger partial charge in [-0.1, -0.05) is 18.2 Å². The largest absolute Gasteiger partial charge is 0.382 e. The van der Waals surface area contributed by atoms with E-state index in [1.165, 1.54) is 15.6 Å². The Morgan fingerprint density at radius 1 is 1.27 bits per heavy atom. The zero-order valence-electron chi connectivity index (χ0n) is 7.90. The molecule has 0 saturated heterocycles. The highest BCUT2D eigenvalue weighted by atomic mass is 32.1. The number of benzene rings is 1. The average molecular weight is 215 g/mol. The van der Waals surface area contributed by atoms with E-state index in [1.807, 2.05) is 18.2 Å². The van der Waals surface area contributed by atoms with E-state index < -0.39 is 0 Å². The average Bonchev–Trinajstić information content (AvgIpc) is 2.83. The van der Waals surface area contributed by atoms with Gasteiger partial charge in [-0.25, -0.2) is 0 Å². The van der Waals surface area contributed by atoms with Gasteiger partial charge in [-0.15, -0.1) is 11.3 Å². The highest BCUT2D eigenvalue weighted by molar-refractivity contribution is 7.17. The van der Waals surface area contributed by atoms with Crippen LogP contribution in [-0.2, 0) is 0 Å². The lowest BCUT2D eigenvalue weighted by Crippen LogP contribution is -1.81. The summed E-state index contributed by atoms with van der Waals surface area (Å²) in [6.07, 6.45) is 0. The fourth-order valence-corrected chi connectivity index (χ4v) is 2.62. The van der Waals surface area contributed by atoms with E-state index in [0.29, 0.717) is 5.82 Å². The van der Waals surface area contributed by atoms with Gasteiger partial charge in [0, 0.05) is 27.1 Å². The Morgan fingerprint density at radius 2 is 2.13 bits per heavy atom. The molecule has 1 aromatic carbocycles. The zero-order valence-corrected chi connectivity index (χ0v) is 8.71. The number of fused-ring (bicyclic) bond motifs is 1. The number of nitrogen functional groups attached to an aromatic ring is 1. The van der Waals surface area contributed by atoms with E-state index in [9.17, 15) is 0 Å². The quantitative estimate of drug-likeness (QED) is 0.655. The van der Waals surface area contributed by atoms with Gasteiger partial charge in [0.2, 0.25) is 0 Å². The van der Waals surface area contributed by atoms with Crippen LogP contribution < -0.4 is 5.73 Å². The van der Waals surface area contributed by atoms with Crippen LogP contribution in [0.25, 0.3) is 21.3 Å². The second kappa shape index (κ2) is 3.10. The minimum absolute atomic E-state index is 0.528. The molecule has 0 saturated carbocycles. The van der Waals surface area contributed by atoms with Crippen LogP contribution >= 0.6 is 11.3 Å². The molecule has 3 nitrogen and oxygen atoms in total.